The summed E-state index contributed by atoms with van der Waals surface area (Å²) >= 11 is 0. The van der Waals surface area contributed by atoms with Crippen molar-refractivity contribution in [1.82, 2.24) is 14.7 Å². The molecular weight excluding hydrogens is 871 g/mol. The Morgan fingerprint density at radius 1 is 0.551 bits per heavy atom. The summed E-state index contributed by atoms with van der Waals surface area (Å²) in [6, 6.07) is 29.4. The summed E-state index contributed by atoms with van der Waals surface area (Å²) in [4.78, 5) is 80.4. The van der Waals surface area contributed by atoms with Crippen LogP contribution in [0.4, 0.5) is 0 Å². The zero-order valence-corrected chi connectivity index (χ0v) is 43.2. The van der Waals surface area contributed by atoms with Crippen LogP contribution in [0.5, 0.6) is 0 Å². The number of hydrogen-bond acceptors (Lipinski definition) is 9. The molecule has 0 saturated carbocycles. The third-order valence-electron chi connectivity index (χ3n) is 12.4. The number of hydrogen-bond donors (Lipinski definition) is 0. The first-order valence-electron chi connectivity index (χ1n) is 24.1. The quantitative estimate of drug-likeness (QED) is 0.0930. The van der Waals surface area contributed by atoms with Crippen molar-refractivity contribution < 1.29 is 43.0 Å². The van der Waals surface area contributed by atoms with Gasteiger partial charge in [0.25, 0.3) is 0 Å². The van der Waals surface area contributed by atoms with Gasteiger partial charge in [0.05, 0.1) is 34.9 Å². The molecule has 0 aromatic heterocycles. The lowest BCUT2D eigenvalue weighted by Crippen LogP contribution is -2.40. The predicted molar refractivity (Wildman–Crippen MR) is 269 cm³/mol. The lowest BCUT2D eigenvalue weighted by atomic mass is 9.83. The second-order valence-corrected chi connectivity index (χ2v) is 21.7. The molecule has 3 saturated heterocycles. The van der Waals surface area contributed by atoms with Crippen molar-refractivity contribution in [3.05, 3.63) is 133 Å². The average molecular weight is 948 g/mol. The largest absolute Gasteiger partial charge is 0.460 e. The number of esters is 3. The van der Waals surface area contributed by atoms with Gasteiger partial charge in [-0.3, -0.25) is 28.8 Å². The molecule has 3 amide bonds. The van der Waals surface area contributed by atoms with E-state index in [4.69, 9.17) is 14.2 Å². The summed E-state index contributed by atoms with van der Waals surface area (Å²) in [5.41, 5.74) is -0.146. The number of carbonyl (C=O) groups is 6. The minimum absolute atomic E-state index is 0.0148. The summed E-state index contributed by atoms with van der Waals surface area (Å²) < 4.78 is 16.6. The van der Waals surface area contributed by atoms with Crippen LogP contribution in [0.1, 0.15) is 150 Å². The van der Waals surface area contributed by atoms with Gasteiger partial charge in [-0.25, -0.2) is 0 Å². The number of likely N-dealkylation sites (tertiary alicyclic amines) is 3. The molecule has 69 heavy (non-hydrogen) atoms. The Balaban J connectivity index is 0.000000226. The molecule has 374 valence electrons. The van der Waals surface area contributed by atoms with Crippen molar-refractivity contribution >= 4 is 35.6 Å². The van der Waals surface area contributed by atoms with Gasteiger partial charge in [-0.1, -0.05) is 103 Å². The average Bonchev–Trinajstić information content (AvgIpc) is 3.95. The van der Waals surface area contributed by atoms with E-state index in [1.165, 1.54) is 0 Å². The van der Waals surface area contributed by atoms with E-state index in [1.54, 1.807) is 26.9 Å². The predicted octanol–water partition coefficient (Wildman–Crippen LogP) is 10.7. The third-order valence-corrected chi connectivity index (χ3v) is 12.4. The van der Waals surface area contributed by atoms with Crippen LogP contribution in [-0.2, 0) is 43.0 Å². The Bertz CT molecular complexity index is 2150. The van der Waals surface area contributed by atoms with E-state index >= 15 is 0 Å². The maximum atomic E-state index is 12.8. The summed E-state index contributed by atoms with van der Waals surface area (Å²) in [5, 5.41) is 0. The van der Waals surface area contributed by atoms with Crippen molar-refractivity contribution in [1.29, 1.82) is 0 Å². The fourth-order valence-corrected chi connectivity index (χ4v) is 8.85. The first-order valence-corrected chi connectivity index (χ1v) is 24.1. The number of benzene rings is 3. The summed E-state index contributed by atoms with van der Waals surface area (Å²) in [6.45, 7) is 31.2. The Morgan fingerprint density at radius 2 is 0.870 bits per heavy atom. The van der Waals surface area contributed by atoms with Gasteiger partial charge in [-0.2, -0.15) is 0 Å². The van der Waals surface area contributed by atoms with Crippen LogP contribution in [0.15, 0.2) is 116 Å². The second-order valence-electron chi connectivity index (χ2n) is 21.7. The molecule has 3 aliphatic heterocycles. The van der Waals surface area contributed by atoms with Crippen LogP contribution in [0.2, 0.25) is 0 Å². The highest BCUT2D eigenvalue weighted by Crippen LogP contribution is 2.43. The van der Waals surface area contributed by atoms with E-state index in [9.17, 15) is 28.8 Å². The second kappa shape index (κ2) is 23.0. The molecule has 3 aliphatic rings. The molecular formula is C57H77N3O9. The zero-order chi connectivity index (χ0) is 51.5. The molecule has 0 spiro atoms. The van der Waals surface area contributed by atoms with Gasteiger partial charge >= 0.3 is 17.9 Å². The molecule has 3 aromatic carbocycles. The van der Waals surface area contributed by atoms with Crippen molar-refractivity contribution in [2.75, 3.05) is 19.6 Å². The van der Waals surface area contributed by atoms with E-state index in [0.717, 1.165) is 16.7 Å². The van der Waals surface area contributed by atoms with Gasteiger partial charge in [0, 0.05) is 38.9 Å². The highest BCUT2D eigenvalue weighted by molar-refractivity contribution is 5.91. The van der Waals surface area contributed by atoms with Crippen LogP contribution in [0.25, 0.3) is 0 Å². The summed E-state index contributed by atoms with van der Waals surface area (Å²) in [7, 11) is 0. The number of carbonyl (C=O) groups excluding carboxylic acids is 6. The minimum atomic E-state index is -0.838. The Hall–Kier alpha value is -6.04. The lowest BCUT2D eigenvalue weighted by molar-refractivity contribution is -0.168. The number of allylic oxidation sites excluding steroid dienone is 2. The number of ether oxygens (including phenoxy) is 3. The Labute approximate surface area is 411 Å². The first-order chi connectivity index (χ1) is 32.1. The molecule has 0 radical (unpaired) electrons. The molecule has 1 unspecified atom stereocenters. The van der Waals surface area contributed by atoms with E-state index in [1.807, 2.05) is 174 Å². The minimum Gasteiger partial charge on any atom is -0.460 e. The fraction of sp³-hybridized carbons (Fsp3) is 0.509. The van der Waals surface area contributed by atoms with Crippen LogP contribution < -0.4 is 0 Å². The molecule has 6 atom stereocenters. The molecule has 3 aromatic rings. The molecule has 6 rings (SSSR count). The number of amides is 3. The first kappa shape index (κ1) is 55.6. The topological polar surface area (TPSA) is 140 Å². The molecule has 3 heterocycles. The van der Waals surface area contributed by atoms with E-state index in [0.29, 0.717) is 32.5 Å². The van der Waals surface area contributed by atoms with Gasteiger partial charge in [-0.15, -0.1) is 13.2 Å². The maximum absolute atomic E-state index is 12.8. The molecule has 0 aliphatic carbocycles. The van der Waals surface area contributed by atoms with Crippen LogP contribution >= 0.6 is 0 Å². The van der Waals surface area contributed by atoms with E-state index < -0.39 is 27.6 Å². The Kier molecular flexibility index (Phi) is 18.6. The van der Waals surface area contributed by atoms with Crippen molar-refractivity contribution in [2.24, 2.45) is 16.7 Å². The van der Waals surface area contributed by atoms with Crippen LogP contribution in [0.3, 0.4) is 0 Å². The third kappa shape index (κ3) is 15.2. The van der Waals surface area contributed by atoms with Gasteiger partial charge in [0.2, 0.25) is 17.7 Å². The van der Waals surface area contributed by atoms with Crippen molar-refractivity contribution in [3.63, 3.8) is 0 Å². The summed E-state index contributed by atoms with van der Waals surface area (Å²) in [5.74, 6) is -1.28. The molecule has 0 N–H and O–H groups in total. The number of nitrogens with zero attached hydrogens (tertiary/aromatic N) is 3. The lowest BCUT2D eigenvalue weighted by Gasteiger charge is -2.31. The fourth-order valence-electron chi connectivity index (χ4n) is 8.85. The summed E-state index contributed by atoms with van der Waals surface area (Å²) in [6.07, 6.45) is 4.86. The van der Waals surface area contributed by atoms with Gasteiger partial charge < -0.3 is 28.9 Å². The van der Waals surface area contributed by atoms with Gasteiger partial charge in [-0.05, 0) is 113 Å². The smallest absolute Gasteiger partial charge is 0.315 e. The van der Waals surface area contributed by atoms with Gasteiger partial charge in [0.1, 0.15) is 16.8 Å². The SMILES string of the molecule is C=CC[C@@]1(C(=O)OC(C)(C)C)CC(=O)N([C@H](C)c2ccccc2)C1.C=CC[C@]1(C(=O)OC(C)(C)C)CC(=O)N([C@H](C)c2ccccc2)C1.C[C@H](c1ccccc1)N1CC(C(=O)OC(C)(C)C)CC1=O. The van der Waals surface area contributed by atoms with E-state index in [-0.39, 0.29) is 78.9 Å². The molecule has 3 fully saturated rings. The molecule has 0 bridgehead atoms. The Morgan fingerprint density at radius 3 is 1.17 bits per heavy atom. The normalized spacial score (nSPS) is 21.8. The van der Waals surface area contributed by atoms with Crippen molar-refractivity contribution in [2.45, 2.75) is 150 Å². The molecule has 12 heteroatoms. The highest BCUT2D eigenvalue weighted by Gasteiger charge is 2.52. The highest BCUT2D eigenvalue weighted by atomic mass is 16.6. The zero-order valence-electron chi connectivity index (χ0n) is 43.2. The molecule has 12 nitrogen and oxygen atoms in total. The monoisotopic (exact) mass is 948 g/mol. The number of rotatable bonds is 13. The van der Waals surface area contributed by atoms with E-state index in [2.05, 4.69) is 13.2 Å². The van der Waals surface area contributed by atoms with Crippen LogP contribution in [-0.4, -0.2) is 86.8 Å². The standard InChI is InChI=1S/2C20H27NO3.C17H23NO3/c2*1-6-12-20(18(23)24-19(3,4)5)13-17(22)21(14-20)15(2)16-10-8-7-9-11-16;1-12(13-8-6-5-7-9-13)18-11-14(10-15(18)19)16(20)21-17(2,3)4/h2*6-11,15H,1,12-14H2,2-5H3;5-9,12,14H,10-11H2,1-4H3/t15-,20+;15-,20-;12-,14?/m111/s1. The van der Waals surface area contributed by atoms with Crippen LogP contribution in [0, 0.1) is 16.7 Å². The van der Waals surface area contributed by atoms with Gasteiger partial charge in [0.15, 0.2) is 0 Å². The maximum Gasteiger partial charge on any atom is 0.315 e. The van der Waals surface area contributed by atoms with Crippen molar-refractivity contribution in [3.8, 4) is 0 Å².